The molecule has 0 atom stereocenters. The van der Waals surface area contributed by atoms with E-state index >= 15 is 0 Å². The van der Waals surface area contributed by atoms with Crippen molar-refractivity contribution >= 4 is 40.0 Å². The third kappa shape index (κ3) is 4.18. The highest BCUT2D eigenvalue weighted by Gasteiger charge is 2.15. The first kappa shape index (κ1) is 19.7. The van der Waals surface area contributed by atoms with Crippen LogP contribution in [0, 0.1) is 6.92 Å². The molecule has 4 aromatic rings. The minimum Gasteiger partial charge on any atom is -0.355 e. The average molecular weight is 420 g/mol. The summed E-state index contributed by atoms with van der Waals surface area (Å²) in [6.45, 7) is 1.73. The number of anilines is 1. The Morgan fingerprint density at radius 3 is 2.60 bits per heavy atom. The zero-order chi connectivity index (χ0) is 21.1. The molecule has 2 amide bonds. The van der Waals surface area contributed by atoms with Gasteiger partial charge in [-0.3, -0.25) is 9.59 Å². The van der Waals surface area contributed by atoms with Crippen molar-refractivity contribution in [2.24, 2.45) is 0 Å². The fraction of sp³-hybridized carbons (Fsp3) is 0.0870. The first-order valence-corrected chi connectivity index (χ1v) is 9.68. The Morgan fingerprint density at radius 2 is 1.83 bits per heavy atom. The summed E-state index contributed by atoms with van der Waals surface area (Å²) in [7, 11) is 0. The van der Waals surface area contributed by atoms with Crippen molar-refractivity contribution in [3.63, 3.8) is 0 Å². The molecule has 0 bridgehead atoms. The van der Waals surface area contributed by atoms with Crippen molar-refractivity contribution in [3.05, 3.63) is 82.9 Å². The first-order valence-electron chi connectivity index (χ1n) is 9.30. The average Bonchev–Trinajstić information content (AvgIpc) is 3.18. The first-order chi connectivity index (χ1) is 14.5. The molecular formula is C23H18ClN3O3. The van der Waals surface area contributed by atoms with E-state index < -0.39 is 0 Å². The predicted octanol–water partition coefficient (Wildman–Crippen LogP) is 4.83. The van der Waals surface area contributed by atoms with Gasteiger partial charge in [-0.2, -0.15) is 0 Å². The molecule has 1 aromatic heterocycles. The molecule has 3 aromatic carbocycles. The molecule has 0 aliphatic rings. The van der Waals surface area contributed by atoms with Crippen LogP contribution in [0.2, 0.25) is 5.02 Å². The van der Waals surface area contributed by atoms with Gasteiger partial charge in [0.2, 0.25) is 5.91 Å². The van der Waals surface area contributed by atoms with Gasteiger partial charge in [-0.1, -0.05) is 53.2 Å². The van der Waals surface area contributed by atoms with Crippen LogP contribution in [0.15, 0.2) is 71.3 Å². The van der Waals surface area contributed by atoms with Gasteiger partial charge in [-0.15, -0.1) is 0 Å². The number of benzene rings is 3. The molecule has 0 radical (unpaired) electrons. The van der Waals surface area contributed by atoms with Crippen LogP contribution in [0.4, 0.5) is 5.69 Å². The predicted molar refractivity (Wildman–Crippen MR) is 117 cm³/mol. The third-order valence-corrected chi connectivity index (χ3v) is 4.90. The standard InChI is InChI=1S/C23H18ClN3O3/c1-14-7-9-20(18(24)11-14)26-21(28)13-25-23(29)16-8-10-19-17(12-16)22(30-27-19)15-5-3-2-4-6-15/h2-12H,13H2,1H3,(H,25,29)(H,26,28). The fourth-order valence-electron chi connectivity index (χ4n) is 3.06. The van der Waals surface area contributed by atoms with Gasteiger partial charge in [0, 0.05) is 11.1 Å². The molecular weight excluding hydrogens is 402 g/mol. The number of hydrogen-bond donors (Lipinski definition) is 2. The van der Waals surface area contributed by atoms with E-state index in [-0.39, 0.29) is 18.4 Å². The SMILES string of the molecule is Cc1ccc(NC(=O)CNC(=O)c2ccc3noc(-c4ccccc4)c3c2)c(Cl)c1. The molecule has 30 heavy (non-hydrogen) atoms. The maximum Gasteiger partial charge on any atom is 0.251 e. The number of carbonyl (C=O) groups is 2. The Balaban J connectivity index is 1.46. The molecule has 0 fully saturated rings. The molecule has 0 unspecified atom stereocenters. The van der Waals surface area contributed by atoms with E-state index in [4.69, 9.17) is 16.1 Å². The molecule has 1 heterocycles. The lowest BCUT2D eigenvalue weighted by Crippen LogP contribution is -2.32. The number of halogens is 1. The summed E-state index contributed by atoms with van der Waals surface area (Å²) in [5, 5.41) is 10.5. The van der Waals surface area contributed by atoms with Gasteiger partial charge in [0.25, 0.3) is 5.91 Å². The van der Waals surface area contributed by atoms with Crippen LogP contribution in [0.5, 0.6) is 0 Å². The van der Waals surface area contributed by atoms with Crippen LogP contribution in [-0.2, 0) is 4.79 Å². The molecule has 6 nitrogen and oxygen atoms in total. The van der Waals surface area contributed by atoms with Gasteiger partial charge in [0.1, 0.15) is 5.52 Å². The molecule has 0 aliphatic heterocycles. The van der Waals surface area contributed by atoms with Crippen LogP contribution in [0.25, 0.3) is 22.2 Å². The number of carbonyl (C=O) groups excluding carboxylic acids is 2. The number of nitrogens with zero attached hydrogens (tertiary/aromatic N) is 1. The van der Waals surface area contributed by atoms with Crippen molar-refractivity contribution in [3.8, 4) is 11.3 Å². The quantitative estimate of drug-likeness (QED) is 0.485. The van der Waals surface area contributed by atoms with E-state index in [9.17, 15) is 9.59 Å². The summed E-state index contributed by atoms with van der Waals surface area (Å²) in [5.41, 5.74) is 3.42. The minimum absolute atomic E-state index is 0.184. The number of aryl methyl sites for hydroxylation is 1. The van der Waals surface area contributed by atoms with Crippen molar-refractivity contribution in [2.75, 3.05) is 11.9 Å². The van der Waals surface area contributed by atoms with Crippen LogP contribution in [0.1, 0.15) is 15.9 Å². The van der Waals surface area contributed by atoms with Gasteiger partial charge in [-0.05, 0) is 42.8 Å². The number of rotatable bonds is 5. The van der Waals surface area contributed by atoms with Crippen LogP contribution in [0.3, 0.4) is 0 Å². The largest absolute Gasteiger partial charge is 0.355 e. The summed E-state index contributed by atoms with van der Waals surface area (Å²) >= 11 is 6.13. The highest BCUT2D eigenvalue weighted by atomic mass is 35.5. The molecule has 0 aliphatic carbocycles. The van der Waals surface area contributed by atoms with Gasteiger partial charge < -0.3 is 15.2 Å². The highest BCUT2D eigenvalue weighted by Crippen LogP contribution is 2.29. The monoisotopic (exact) mass is 419 g/mol. The van der Waals surface area contributed by atoms with E-state index in [0.717, 1.165) is 16.5 Å². The zero-order valence-electron chi connectivity index (χ0n) is 16.1. The molecule has 0 saturated carbocycles. The Kier molecular flexibility index (Phi) is 5.50. The number of aromatic nitrogens is 1. The minimum atomic E-state index is -0.373. The normalized spacial score (nSPS) is 10.7. The topological polar surface area (TPSA) is 84.2 Å². The Hall–Kier alpha value is -3.64. The van der Waals surface area contributed by atoms with E-state index in [2.05, 4.69) is 15.8 Å². The molecule has 4 rings (SSSR count). The second-order valence-electron chi connectivity index (χ2n) is 6.82. The maximum atomic E-state index is 12.6. The van der Waals surface area contributed by atoms with E-state index in [1.54, 1.807) is 30.3 Å². The summed E-state index contributed by atoms with van der Waals surface area (Å²) in [4.78, 5) is 24.7. The smallest absolute Gasteiger partial charge is 0.251 e. The molecule has 2 N–H and O–H groups in total. The Labute approximate surface area is 177 Å². The van der Waals surface area contributed by atoms with Gasteiger partial charge in [-0.25, -0.2) is 0 Å². The molecule has 0 spiro atoms. The lowest BCUT2D eigenvalue weighted by Gasteiger charge is -2.09. The summed E-state index contributed by atoms with van der Waals surface area (Å²) in [6.07, 6.45) is 0. The van der Waals surface area contributed by atoms with Crippen LogP contribution >= 0.6 is 11.6 Å². The number of nitrogens with one attached hydrogen (secondary N) is 2. The summed E-state index contributed by atoms with van der Waals surface area (Å²) < 4.78 is 5.46. The van der Waals surface area contributed by atoms with E-state index in [1.807, 2.05) is 43.3 Å². The van der Waals surface area contributed by atoms with Gasteiger partial charge in [0.15, 0.2) is 5.76 Å². The highest BCUT2D eigenvalue weighted by molar-refractivity contribution is 6.33. The number of amides is 2. The summed E-state index contributed by atoms with van der Waals surface area (Å²) in [6, 6.07) is 19.9. The Morgan fingerprint density at radius 1 is 1.03 bits per heavy atom. The van der Waals surface area contributed by atoms with E-state index in [1.165, 1.54) is 0 Å². The number of fused-ring (bicyclic) bond motifs is 1. The Bertz CT molecular complexity index is 1240. The molecule has 0 saturated heterocycles. The number of hydrogen-bond acceptors (Lipinski definition) is 4. The second kappa shape index (κ2) is 8.39. The van der Waals surface area contributed by atoms with Crippen molar-refractivity contribution in [1.29, 1.82) is 0 Å². The van der Waals surface area contributed by atoms with Crippen molar-refractivity contribution in [1.82, 2.24) is 10.5 Å². The maximum absolute atomic E-state index is 12.6. The zero-order valence-corrected chi connectivity index (χ0v) is 16.9. The third-order valence-electron chi connectivity index (χ3n) is 4.58. The van der Waals surface area contributed by atoms with Gasteiger partial charge in [0.05, 0.1) is 22.6 Å². The second-order valence-corrected chi connectivity index (χ2v) is 7.23. The fourth-order valence-corrected chi connectivity index (χ4v) is 3.34. The van der Waals surface area contributed by atoms with Crippen LogP contribution < -0.4 is 10.6 Å². The van der Waals surface area contributed by atoms with Crippen molar-refractivity contribution in [2.45, 2.75) is 6.92 Å². The van der Waals surface area contributed by atoms with Crippen molar-refractivity contribution < 1.29 is 14.1 Å². The lowest BCUT2D eigenvalue weighted by molar-refractivity contribution is -0.115. The molecule has 150 valence electrons. The van der Waals surface area contributed by atoms with E-state index in [0.29, 0.717) is 27.6 Å². The molecule has 7 heteroatoms. The van der Waals surface area contributed by atoms with Gasteiger partial charge >= 0.3 is 0 Å². The van der Waals surface area contributed by atoms with Crippen LogP contribution in [-0.4, -0.2) is 23.5 Å². The lowest BCUT2D eigenvalue weighted by atomic mass is 10.1. The summed E-state index contributed by atoms with van der Waals surface area (Å²) in [5.74, 6) is -0.153.